The lowest BCUT2D eigenvalue weighted by atomic mass is 9.89. The second kappa shape index (κ2) is 11.0. The van der Waals surface area contributed by atoms with E-state index in [1.165, 1.54) is 44.4 Å². The number of rotatable bonds is 5. The molecule has 0 atom stereocenters. The van der Waals surface area contributed by atoms with Crippen LogP contribution in [-0.4, -0.2) is 0 Å². The highest BCUT2D eigenvalue weighted by Crippen LogP contribution is 2.53. The summed E-state index contributed by atoms with van der Waals surface area (Å²) in [5.41, 5.74) is 13.4. The van der Waals surface area contributed by atoms with Gasteiger partial charge < -0.3 is 14.2 Å². The van der Waals surface area contributed by atoms with E-state index in [1.54, 1.807) is 0 Å². The topological polar surface area (TPSA) is 19.6 Å². The largest absolute Gasteiger partial charge is 0.456 e. The highest BCUT2D eigenvalue weighted by molar-refractivity contribution is 6.18. The van der Waals surface area contributed by atoms with Crippen LogP contribution in [0.5, 0.6) is 0 Å². The summed E-state index contributed by atoms with van der Waals surface area (Å²) in [5, 5.41) is 4.65. The minimum Gasteiger partial charge on any atom is -0.456 e. The zero-order valence-corrected chi connectivity index (χ0v) is 26.6. The van der Waals surface area contributed by atoms with E-state index >= 15 is 0 Å². The lowest BCUT2D eigenvalue weighted by molar-refractivity contribution is 0.669. The van der Waals surface area contributed by atoms with Crippen LogP contribution in [0.2, 0.25) is 0 Å². The minimum atomic E-state index is 0.885. The molecule has 3 nitrogen and oxygen atoms in total. The number of anilines is 6. The predicted octanol–water partition coefficient (Wildman–Crippen LogP) is 13.3. The number of fused-ring (bicyclic) bond motifs is 5. The van der Waals surface area contributed by atoms with Gasteiger partial charge in [-0.15, -0.1) is 0 Å². The molecule has 1 aliphatic rings. The number of nitrogens with zero attached hydrogens (tertiary/aromatic N) is 2. The molecule has 0 fully saturated rings. The maximum absolute atomic E-state index is 6.25. The van der Waals surface area contributed by atoms with Crippen molar-refractivity contribution in [1.82, 2.24) is 0 Å². The van der Waals surface area contributed by atoms with Gasteiger partial charge in [-0.25, -0.2) is 0 Å². The molecule has 10 rings (SSSR count). The Balaban J connectivity index is 1.23. The molecular weight excluding hydrogens is 597 g/mol. The molecule has 3 heteroatoms. The SMILES string of the molecule is c1ccc(-c2ccc(N(c3ccc4oc5ccccc5c4c3)c3ccc4c5c(cccc35)N(c3ccccc3)c3ccccc3-4)cc2)cc1. The van der Waals surface area contributed by atoms with Crippen molar-refractivity contribution in [2.75, 3.05) is 9.80 Å². The van der Waals surface area contributed by atoms with Crippen LogP contribution in [0.4, 0.5) is 34.1 Å². The molecule has 9 aromatic rings. The molecule has 230 valence electrons. The second-order valence-corrected chi connectivity index (χ2v) is 12.5. The Kier molecular flexibility index (Phi) is 6.18. The first-order valence-electron chi connectivity index (χ1n) is 16.7. The van der Waals surface area contributed by atoms with E-state index in [0.29, 0.717) is 0 Å². The van der Waals surface area contributed by atoms with Gasteiger partial charge in [0.05, 0.1) is 17.1 Å². The minimum absolute atomic E-state index is 0.885. The van der Waals surface area contributed by atoms with Crippen LogP contribution >= 0.6 is 0 Å². The molecule has 1 aliphatic heterocycles. The standard InChI is InChI=1S/C46H30N2O/c1-3-12-31(13-4-1)32-22-24-34(25-23-32)47(35-26-29-45-40(30-35)37-17-8-10-21-44(37)49-45)42-28-27-38-36-16-7-9-19-41(36)48(33-14-5-2-6-15-33)43-20-11-18-39(42)46(38)43/h1-30H. The molecule has 0 aliphatic carbocycles. The number of hydrogen-bond acceptors (Lipinski definition) is 3. The zero-order valence-electron chi connectivity index (χ0n) is 26.6. The Morgan fingerprint density at radius 3 is 1.92 bits per heavy atom. The van der Waals surface area contributed by atoms with Crippen LogP contribution in [0.1, 0.15) is 0 Å². The second-order valence-electron chi connectivity index (χ2n) is 12.5. The summed E-state index contributed by atoms with van der Waals surface area (Å²) in [5.74, 6) is 0. The fourth-order valence-electron chi connectivity index (χ4n) is 7.57. The van der Waals surface area contributed by atoms with Gasteiger partial charge in [-0.3, -0.25) is 0 Å². The lowest BCUT2D eigenvalue weighted by Crippen LogP contribution is -2.16. The molecule has 8 aromatic carbocycles. The van der Waals surface area contributed by atoms with Gasteiger partial charge in [0.1, 0.15) is 11.2 Å². The van der Waals surface area contributed by atoms with Gasteiger partial charge in [0, 0.05) is 44.2 Å². The fourth-order valence-corrected chi connectivity index (χ4v) is 7.57. The van der Waals surface area contributed by atoms with Gasteiger partial charge in [-0.1, -0.05) is 115 Å². The average Bonchev–Trinajstić information content (AvgIpc) is 3.55. The Morgan fingerprint density at radius 2 is 1.06 bits per heavy atom. The summed E-state index contributed by atoms with van der Waals surface area (Å²) in [7, 11) is 0. The summed E-state index contributed by atoms with van der Waals surface area (Å²) in [6.07, 6.45) is 0. The van der Waals surface area contributed by atoms with Crippen molar-refractivity contribution < 1.29 is 4.42 Å². The van der Waals surface area contributed by atoms with Crippen molar-refractivity contribution in [1.29, 1.82) is 0 Å². The molecule has 1 aromatic heterocycles. The van der Waals surface area contributed by atoms with Crippen molar-refractivity contribution in [3.8, 4) is 22.3 Å². The number of furan rings is 1. The molecule has 0 N–H and O–H groups in total. The van der Waals surface area contributed by atoms with Crippen LogP contribution in [-0.2, 0) is 0 Å². The summed E-state index contributed by atoms with van der Waals surface area (Å²) in [6.45, 7) is 0. The highest BCUT2D eigenvalue weighted by Gasteiger charge is 2.28. The Bertz CT molecular complexity index is 2660. The third-order valence-electron chi connectivity index (χ3n) is 9.78. The van der Waals surface area contributed by atoms with E-state index in [-0.39, 0.29) is 0 Å². The van der Waals surface area contributed by atoms with Crippen molar-refractivity contribution in [2.45, 2.75) is 0 Å². The Hall–Kier alpha value is -6.58. The first-order chi connectivity index (χ1) is 24.3. The van der Waals surface area contributed by atoms with E-state index < -0.39 is 0 Å². The highest BCUT2D eigenvalue weighted by atomic mass is 16.3. The Labute approximate surface area is 284 Å². The Morgan fingerprint density at radius 1 is 0.408 bits per heavy atom. The summed E-state index contributed by atoms with van der Waals surface area (Å²) < 4.78 is 6.25. The quantitative estimate of drug-likeness (QED) is 0.189. The first kappa shape index (κ1) is 27.5. The lowest BCUT2D eigenvalue weighted by Gasteiger charge is -2.35. The van der Waals surface area contributed by atoms with Crippen LogP contribution in [0.15, 0.2) is 186 Å². The first-order valence-corrected chi connectivity index (χ1v) is 16.7. The van der Waals surface area contributed by atoms with Gasteiger partial charge >= 0.3 is 0 Å². The molecule has 0 bridgehead atoms. The monoisotopic (exact) mass is 626 g/mol. The molecule has 0 radical (unpaired) electrons. The smallest absolute Gasteiger partial charge is 0.135 e. The molecule has 0 amide bonds. The zero-order chi connectivity index (χ0) is 32.3. The normalized spacial score (nSPS) is 12.0. The average molecular weight is 627 g/mol. The maximum atomic E-state index is 6.25. The van der Waals surface area contributed by atoms with E-state index in [0.717, 1.165) is 44.7 Å². The molecule has 2 heterocycles. The molecule has 0 unspecified atom stereocenters. The van der Waals surface area contributed by atoms with E-state index in [1.807, 2.05) is 12.1 Å². The summed E-state index contributed by atoms with van der Waals surface area (Å²) >= 11 is 0. The maximum Gasteiger partial charge on any atom is 0.135 e. The number of benzene rings is 8. The van der Waals surface area contributed by atoms with E-state index in [2.05, 4.69) is 180 Å². The van der Waals surface area contributed by atoms with Gasteiger partial charge in [-0.05, 0) is 83.4 Å². The van der Waals surface area contributed by atoms with Gasteiger partial charge in [-0.2, -0.15) is 0 Å². The van der Waals surface area contributed by atoms with Crippen molar-refractivity contribution >= 4 is 66.8 Å². The van der Waals surface area contributed by atoms with Crippen molar-refractivity contribution in [3.05, 3.63) is 182 Å². The van der Waals surface area contributed by atoms with Crippen molar-refractivity contribution in [2.24, 2.45) is 0 Å². The summed E-state index contributed by atoms with van der Waals surface area (Å²) in [6, 6.07) is 65.0. The molecular formula is C46H30N2O. The third-order valence-corrected chi connectivity index (χ3v) is 9.78. The molecule has 0 saturated heterocycles. The molecule has 0 saturated carbocycles. The van der Waals surface area contributed by atoms with Crippen LogP contribution < -0.4 is 9.80 Å². The van der Waals surface area contributed by atoms with Crippen LogP contribution in [0.3, 0.4) is 0 Å². The van der Waals surface area contributed by atoms with Crippen LogP contribution in [0.25, 0.3) is 55.0 Å². The number of hydrogen-bond donors (Lipinski definition) is 0. The number of para-hydroxylation sites is 3. The van der Waals surface area contributed by atoms with Crippen molar-refractivity contribution in [3.63, 3.8) is 0 Å². The molecule has 0 spiro atoms. The van der Waals surface area contributed by atoms with Gasteiger partial charge in [0.2, 0.25) is 0 Å². The van der Waals surface area contributed by atoms with E-state index in [4.69, 9.17) is 4.42 Å². The predicted molar refractivity (Wildman–Crippen MR) is 205 cm³/mol. The molecule has 49 heavy (non-hydrogen) atoms. The fraction of sp³-hybridized carbons (Fsp3) is 0. The van der Waals surface area contributed by atoms with Crippen LogP contribution in [0, 0.1) is 0 Å². The summed E-state index contributed by atoms with van der Waals surface area (Å²) in [4.78, 5) is 4.79. The van der Waals surface area contributed by atoms with E-state index in [9.17, 15) is 0 Å². The van der Waals surface area contributed by atoms with Gasteiger partial charge in [0.25, 0.3) is 0 Å². The third kappa shape index (κ3) is 4.37. The van der Waals surface area contributed by atoms with Gasteiger partial charge in [0.15, 0.2) is 0 Å².